The molecule has 2 amide bonds. The van der Waals surface area contributed by atoms with Crippen LogP contribution in [0.5, 0.6) is 0 Å². The Morgan fingerprint density at radius 2 is 1.50 bits per heavy atom. The normalized spacial score (nSPS) is 11.8. The summed E-state index contributed by atoms with van der Waals surface area (Å²) in [7, 11) is 0. The van der Waals surface area contributed by atoms with E-state index in [0.717, 1.165) is 16.7 Å². The Morgan fingerprint density at radius 1 is 0.853 bits per heavy atom. The van der Waals surface area contributed by atoms with E-state index in [9.17, 15) is 9.59 Å². The van der Waals surface area contributed by atoms with Gasteiger partial charge in [0.25, 0.3) is 0 Å². The van der Waals surface area contributed by atoms with Gasteiger partial charge in [-0.05, 0) is 41.0 Å². The number of halogens is 3. The van der Waals surface area contributed by atoms with Crippen molar-refractivity contribution in [3.63, 3.8) is 0 Å². The minimum atomic E-state index is -0.709. The monoisotopic (exact) mass is 516 g/mol. The maximum Gasteiger partial charge on any atom is 0.243 e. The summed E-state index contributed by atoms with van der Waals surface area (Å²) in [5, 5.41) is 4.58. The van der Waals surface area contributed by atoms with Gasteiger partial charge in [-0.25, -0.2) is 0 Å². The Bertz CT molecular complexity index is 1120. The first-order valence-corrected chi connectivity index (χ1v) is 12.2. The van der Waals surface area contributed by atoms with E-state index in [4.69, 9.17) is 34.8 Å². The molecule has 3 aromatic carbocycles. The first-order chi connectivity index (χ1) is 16.2. The van der Waals surface area contributed by atoms with E-state index in [1.165, 1.54) is 0 Å². The SMILES string of the molecule is CC(C)C(=O)N(Cc1ccc(Cl)cc1)C(Cc1ccccc1)C(=O)NCc1ccc(Cl)cc1Cl. The van der Waals surface area contributed by atoms with E-state index in [1.807, 2.05) is 56.3 Å². The lowest BCUT2D eigenvalue weighted by molar-refractivity contribution is -0.143. The summed E-state index contributed by atoms with van der Waals surface area (Å²) in [4.78, 5) is 28.5. The van der Waals surface area contributed by atoms with Crippen LogP contribution in [-0.4, -0.2) is 22.8 Å². The number of benzene rings is 3. The maximum absolute atomic E-state index is 13.5. The molecule has 0 fully saturated rings. The average Bonchev–Trinajstić information content (AvgIpc) is 2.82. The standard InChI is InChI=1S/C27H27Cl3N2O2/c1-18(2)27(34)32(17-20-8-11-22(28)12-9-20)25(14-19-6-4-3-5-7-19)26(33)31-16-21-10-13-23(29)15-24(21)30/h3-13,15,18,25H,14,16-17H2,1-2H3,(H,31,33). The number of carbonyl (C=O) groups is 2. The molecule has 34 heavy (non-hydrogen) atoms. The van der Waals surface area contributed by atoms with Crippen LogP contribution in [0.2, 0.25) is 15.1 Å². The maximum atomic E-state index is 13.5. The second kappa shape index (κ2) is 12.3. The molecule has 0 aliphatic heterocycles. The number of rotatable bonds is 9. The van der Waals surface area contributed by atoms with Crippen LogP contribution in [0.25, 0.3) is 0 Å². The lowest BCUT2D eigenvalue weighted by Crippen LogP contribution is -2.51. The summed E-state index contributed by atoms with van der Waals surface area (Å²) >= 11 is 18.3. The van der Waals surface area contributed by atoms with E-state index < -0.39 is 6.04 Å². The third-order valence-electron chi connectivity index (χ3n) is 5.46. The minimum absolute atomic E-state index is 0.101. The number of nitrogens with one attached hydrogen (secondary N) is 1. The van der Waals surface area contributed by atoms with Gasteiger partial charge in [-0.2, -0.15) is 0 Å². The van der Waals surface area contributed by atoms with Gasteiger partial charge < -0.3 is 10.2 Å². The van der Waals surface area contributed by atoms with E-state index in [2.05, 4.69) is 5.32 Å². The van der Waals surface area contributed by atoms with Gasteiger partial charge in [-0.3, -0.25) is 9.59 Å². The lowest BCUT2D eigenvalue weighted by atomic mass is 10.0. The highest BCUT2D eigenvalue weighted by Gasteiger charge is 2.31. The molecular formula is C27H27Cl3N2O2. The van der Waals surface area contributed by atoms with Gasteiger partial charge in [0.15, 0.2) is 0 Å². The van der Waals surface area contributed by atoms with Crippen molar-refractivity contribution >= 4 is 46.6 Å². The van der Waals surface area contributed by atoms with Crippen LogP contribution in [0.4, 0.5) is 0 Å². The molecule has 0 radical (unpaired) electrons. The van der Waals surface area contributed by atoms with E-state index in [-0.39, 0.29) is 24.3 Å². The molecular weight excluding hydrogens is 491 g/mol. The van der Waals surface area contributed by atoms with Crippen LogP contribution in [0.3, 0.4) is 0 Å². The van der Waals surface area contributed by atoms with Gasteiger partial charge in [0, 0.05) is 40.5 Å². The fraction of sp³-hybridized carbons (Fsp3) is 0.259. The van der Waals surface area contributed by atoms with Gasteiger partial charge in [-0.1, -0.05) is 97.2 Å². The second-order valence-electron chi connectivity index (χ2n) is 8.41. The van der Waals surface area contributed by atoms with Crippen LogP contribution < -0.4 is 5.32 Å². The molecule has 1 unspecified atom stereocenters. The van der Waals surface area contributed by atoms with E-state index in [1.54, 1.807) is 35.2 Å². The van der Waals surface area contributed by atoms with Crippen LogP contribution in [-0.2, 0) is 29.1 Å². The predicted octanol–water partition coefficient (Wildman–Crippen LogP) is 6.56. The minimum Gasteiger partial charge on any atom is -0.350 e. The van der Waals surface area contributed by atoms with Crippen molar-refractivity contribution in [3.05, 3.63) is 105 Å². The summed E-state index contributed by atoms with van der Waals surface area (Å²) in [5.41, 5.74) is 2.60. The van der Waals surface area contributed by atoms with Crippen molar-refractivity contribution in [1.82, 2.24) is 10.2 Å². The highest BCUT2D eigenvalue weighted by molar-refractivity contribution is 6.35. The zero-order chi connectivity index (χ0) is 24.7. The lowest BCUT2D eigenvalue weighted by Gasteiger charge is -2.33. The summed E-state index contributed by atoms with van der Waals surface area (Å²) in [6.45, 7) is 4.19. The molecule has 4 nitrogen and oxygen atoms in total. The molecule has 0 spiro atoms. The summed E-state index contributed by atoms with van der Waals surface area (Å²) < 4.78 is 0. The largest absolute Gasteiger partial charge is 0.350 e. The number of amides is 2. The molecule has 0 saturated carbocycles. The van der Waals surface area contributed by atoms with Gasteiger partial charge in [0.2, 0.25) is 11.8 Å². The zero-order valence-corrected chi connectivity index (χ0v) is 21.4. The summed E-state index contributed by atoms with van der Waals surface area (Å²) in [6.07, 6.45) is 0.382. The molecule has 1 atom stereocenters. The molecule has 0 aromatic heterocycles. The van der Waals surface area contributed by atoms with Gasteiger partial charge >= 0.3 is 0 Å². The molecule has 3 aromatic rings. The Kier molecular flexibility index (Phi) is 9.40. The fourth-order valence-corrected chi connectivity index (χ4v) is 4.21. The highest BCUT2D eigenvalue weighted by atomic mass is 35.5. The molecule has 0 aliphatic rings. The summed E-state index contributed by atoms with van der Waals surface area (Å²) in [5.74, 6) is -0.627. The summed E-state index contributed by atoms with van der Waals surface area (Å²) in [6, 6.07) is 21.4. The number of carbonyl (C=O) groups excluding carboxylic acids is 2. The highest BCUT2D eigenvalue weighted by Crippen LogP contribution is 2.22. The molecule has 1 N–H and O–H groups in total. The van der Waals surface area contributed by atoms with Crippen molar-refractivity contribution < 1.29 is 9.59 Å². The number of hydrogen-bond donors (Lipinski definition) is 1. The molecule has 0 aliphatic carbocycles. The van der Waals surface area contributed by atoms with Crippen molar-refractivity contribution in [2.24, 2.45) is 5.92 Å². The van der Waals surface area contributed by atoms with Crippen molar-refractivity contribution in [1.29, 1.82) is 0 Å². The first kappa shape index (κ1) is 26.1. The van der Waals surface area contributed by atoms with Crippen LogP contribution >= 0.6 is 34.8 Å². The van der Waals surface area contributed by atoms with Crippen LogP contribution in [0.15, 0.2) is 72.8 Å². The van der Waals surface area contributed by atoms with Crippen molar-refractivity contribution in [3.8, 4) is 0 Å². The van der Waals surface area contributed by atoms with Gasteiger partial charge in [-0.15, -0.1) is 0 Å². The van der Waals surface area contributed by atoms with E-state index in [0.29, 0.717) is 28.0 Å². The molecule has 0 heterocycles. The Labute approximate surface area is 215 Å². The van der Waals surface area contributed by atoms with Crippen molar-refractivity contribution in [2.75, 3.05) is 0 Å². The Balaban J connectivity index is 1.90. The van der Waals surface area contributed by atoms with Crippen LogP contribution in [0.1, 0.15) is 30.5 Å². The number of hydrogen-bond acceptors (Lipinski definition) is 2. The zero-order valence-electron chi connectivity index (χ0n) is 19.1. The van der Waals surface area contributed by atoms with Crippen LogP contribution in [0, 0.1) is 5.92 Å². The topological polar surface area (TPSA) is 49.4 Å². The van der Waals surface area contributed by atoms with E-state index >= 15 is 0 Å². The molecule has 178 valence electrons. The quantitative estimate of drug-likeness (QED) is 0.349. The Hall–Kier alpha value is -2.53. The third-order valence-corrected chi connectivity index (χ3v) is 6.30. The van der Waals surface area contributed by atoms with Gasteiger partial charge in [0.05, 0.1) is 0 Å². The number of nitrogens with zero attached hydrogens (tertiary/aromatic N) is 1. The van der Waals surface area contributed by atoms with Gasteiger partial charge in [0.1, 0.15) is 6.04 Å². The third kappa shape index (κ3) is 7.23. The smallest absolute Gasteiger partial charge is 0.243 e. The predicted molar refractivity (Wildman–Crippen MR) is 139 cm³/mol. The fourth-order valence-electron chi connectivity index (χ4n) is 3.61. The molecule has 3 rings (SSSR count). The Morgan fingerprint density at radius 3 is 2.12 bits per heavy atom. The first-order valence-electron chi connectivity index (χ1n) is 11.0. The molecule has 0 saturated heterocycles. The molecule has 0 bridgehead atoms. The second-order valence-corrected chi connectivity index (χ2v) is 9.69. The molecule has 7 heteroatoms. The van der Waals surface area contributed by atoms with Crippen molar-refractivity contribution in [2.45, 2.75) is 39.4 Å². The average molecular weight is 518 g/mol.